The number of hydrogen-bond acceptors (Lipinski definition) is 3. The van der Waals surface area contributed by atoms with E-state index in [1.807, 2.05) is 42.5 Å². The van der Waals surface area contributed by atoms with Gasteiger partial charge in [0.15, 0.2) is 0 Å². The summed E-state index contributed by atoms with van der Waals surface area (Å²) in [5.41, 5.74) is 0.961. The largest absolute Gasteiger partial charge is 0.298 e. The molecule has 0 N–H and O–H groups in total. The fourth-order valence-electron chi connectivity index (χ4n) is 3.36. The van der Waals surface area contributed by atoms with Gasteiger partial charge in [-0.05, 0) is 18.9 Å². The molecule has 1 unspecified atom stereocenters. The molecule has 122 valence electrons. The van der Waals surface area contributed by atoms with Crippen LogP contribution in [-0.4, -0.2) is 36.3 Å². The van der Waals surface area contributed by atoms with Crippen LogP contribution in [0.1, 0.15) is 31.2 Å². The normalized spacial score (nSPS) is 28.9. The number of Topliss-reactive ketones (excluding diaryl/α,β-unsaturated/α-hetero) is 1. The van der Waals surface area contributed by atoms with Gasteiger partial charge in [-0.1, -0.05) is 54.6 Å². The van der Waals surface area contributed by atoms with Crippen LogP contribution < -0.4 is 0 Å². The first-order valence-corrected chi connectivity index (χ1v) is 9.31. The van der Waals surface area contributed by atoms with Gasteiger partial charge in [-0.2, -0.15) is 4.31 Å². The Morgan fingerprint density at radius 2 is 1.91 bits per heavy atom. The summed E-state index contributed by atoms with van der Waals surface area (Å²) in [6, 6.07) is 9.64. The summed E-state index contributed by atoms with van der Waals surface area (Å²) in [5.74, 6) is -0.272. The molecule has 5 heteroatoms. The van der Waals surface area contributed by atoms with Crippen LogP contribution in [0.2, 0.25) is 0 Å². The summed E-state index contributed by atoms with van der Waals surface area (Å²) in [4.78, 5) is 11.7. The second kappa shape index (κ2) is 6.06. The molecule has 0 aromatic heterocycles. The van der Waals surface area contributed by atoms with Gasteiger partial charge < -0.3 is 0 Å². The maximum Gasteiger partial charge on any atom is 0.224 e. The van der Waals surface area contributed by atoms with E-state index in [2.05, 4.69) is 0 Å². The molecule has 0 radical (unpaired) electrons. The number of benzene rings is 1. The van der Waals surface area contributed by atoms with E-state index in [-0.39, 0.29) is 18.2 Å². The van der Waals surface area contributed by atoms with E-state index in [0.29, 0.717) is 19.4 Å². The summed E-state index contributed by atoms with van der Waals surface area (Å²) in [5, 5.41) is 0. The highest BCUT2D eigenvalue weighted by molar-refractivity contribution is 7.90. The van der Waals surface area contributed by atoms with E-state index < -0.39 is 14.8 Å². The van der Waals surface area contributed by atoms with Crippen molar-refractivity contribution >= 4 is 15.8 Å². The third kappa shape index (κ3) is 2.79. The second-order valence-corrected chi connectivity index (χ2v) is 8.64. The number of sulfonamides is 1. The highest BCUT2D eigenvalue weighted by Gasteiger charge is 2.48. The van der Waals surface area contributed by atoms with Crippen molar-refractivity contribution in [3.05, 3.63) is 60.2 Å². The molecule has 0 spiro atoms. The molecule has 2 aliphatic rings. The number of nitrogens with zero attached hydrogens (tertiary/aromatic N) is 1. The minimum atomic E-state index is -3.64. The Bertz CT molecular complexity index is 752. The molecule has 1 saturated heterocycles. The average molecular weight is 331 g/mol. The van der Waals surface area contributed by atoms with Crippen LogP contribution in [0.25, 0.3) is 0 Å². The van der Waals surface area contributed by atoms with Crippen molar-refractivity contribution in [1.82, 2.24) is 4.31 Å². The van der Waals surface area contributed by atoms with Gasteiger partial charge in [0.25, 0.3) is 0 Å². The van der Waals surface area contributed by atoms with Crippen molar-refractivity contribution in [1.29, 1.82) is 0 Å². The SMILES string of the molecule is C[C@]1(S(=O)(=O)N2CCCC(=O)C2)C=CC=CC1c1ccccc1. The van der Waals surface area contributed by atoms with Gasteiger partial charge in [0, 0.05) is 18.9 Å². The molecule has 0 amide bonds. The molecule has 0 saturated carbocycles. The molecule has 1 fully saturated rings. The Morgan fingerprint density at radius 1 is 1.17 bits per heavy atom. The third-order valence-electron chi connectivity index (χ3n) is 4.73. The van der Waals surface area contributed by atoms with Gasteiger partial charge in [0.1, 0.15) is 10.5 Å². The van der Waals surface area contributed by atoms with E-state index in [4.69, 9.17) is 0 Å². The second-order valence-electron chi connectivity index (χ2n) is 6.30. The van der Waals surface area contributed by atoms with Gasteiger partial charge >= 0.3 is 0 Å². The van der Waals surface area contributed by atoms with Crippen LogP contribution in [0.15, 0.2) is 54.6 Å². The number of ketones is 1. The fourth-order valence-corrected chi connectivity index (χ4v) is 5.38. The van der Waals surface area contributed by atoms with Crippen molar-refractivity contribution in [2.75, 3.05) is 13.1 Å². The van der Waals surface area contributed by atoms with Gasteiger partial charge in [-0.3, -0.25) is 4.79 Å². The molecule has 1 aromatic carbocycles. The standard InChI is InChI=1S/C18H21NO3S/c1-18(23(21,22)19-13-7-10-16(20)14-19)12-6-5-11-17(18)15-8-3-2-4-9-15/h2-6,8-9,11-12,17H,7,10,13-14H2,1H3/t17?,18-/m0/s1. The maximum absolute atomic E-state index is 13.3. The number of hydrogen-bond donors (Lipinski definition) is 0. The Kier molecular flexibility index (Phi) is 4.25. The van der Waals surface area contributed by atoms with E-state index in [9.17, 15) is 13.2 Å². The molecule has 1 aliphatic heterocycles. The summed E-state index contributed by atoms with van der Waals surface area (Å²) in [6.45, 7) is 2.17. The lowest BCUT2D eigenvalue weighted by Crippen LogP contribution is -2.52. The summed E-state index contributed by atoms with van der Waals surface area (Å²) < 4.78 is 26.8. The van der Waals surface area contributed by atoms with Crippen LogP contribution in [0.4, 0.5) is 0 Å². The highest BCUT2D eigenvalue weighted by atomic mass is 32.2. The number of carbonyl (C=O) groups excluding carboxylic acids is 1. The van der Waals surface area contributed by atoms with Gasteiger partial charge in [0.05, 0.1) is 6.54 Å². The fraction of sp³-hybridized carbons (Fsp3) is 0.389. The molecule has 1 aliphatic carbocycles. The van der Waals surface area contributed by atoms with Gasteiger partial charge in [-0.15, -0.1) is 0 Å². The van der Waals surface area contributed by atoms with Crippen molar-refractivity contribution in [2.24, 2.45) is 0 Å². The van der Waals surface area contributed by atoms with Crippen molar-refractivity contribution < 1.29 is 13.2 Å². The molecule has 4 nitrogen and oxygen atoms in total. The predicted octanol–water partition coefficient (Wildman–Crippen LogP) is 2.65. The monoisotopic (exact) mass is 331 g/mol. The zero-order valence-electron chi connectivity index (χ0n) is 13.2. The van der Waals surface area contributed by atoms with E-state index >= 15 is 0 Å². The summed E-state index contributed by atoms with van der Waals surface area (Å²) >= 11 is 0. The van der Waals surface area contributed by atoms with Crippen LogP contribution in [0.3, 0.4) is 0 Å². The molecule has 1 heterocycles. The molecule has 1 aromatic rings. The van der Waals surface area contributed by atoms with Crippen molar-refractivity contribution in [2.45, 2.75) is 30.4 Å². The topological polar surface area (TPSA) is 54.5 Å². The number of rotatable bonds is 3. The lowest BCUT2D eigenvalue weighted by atomic mass is 9.83. The lowest BCUT2D eigenvalue weighted by molar-refractivity contribution is -0.120. The van der Waals surface area contributed by atoms with Gasteiger partial charge in [-0.25, -0.2) is 8.42 Å². The van der Waals surface area contributed by atoms with Crippen LogP contribution in [0, 0.1) is 0 Å². The molecule has 0 bridgehead atoms. The molecule has 23 heavy (non-hydrogen) atoms. The molecular weight excluding hydrogens is 310 g/mol. The Morgan fingerprint density at radius 3 is 2.61 bits per heavy atom. The zero-order valence-corrected chi connectivity index (χ0v) is 14.0. The van der Waals surface area contributed by atoms with Crippen molar-refractivity contribution in [3.8, 4) is 0 Å². The van der Waals surface area contributed by atoms with Crippen LogP contribution in [0.5, 0.6) is 0 Å². The Balaban J connectivity index is 2.02. The predicted molar refractivity (Wildman–Crippen MR) is 90.6 cm³/mol. The summed E-state index contributed by atoms with van der Waals surface area (Å²) in [7, 11) is -3.64. The van der Waals surface area contributed by atoms with Crippen LogP contribution >= 0.6 is 0 Å². The minimum Gasteiger partial charge on any atom is -0.298 e. The molecular formula is C18H21NO3S. The highest BCUT2D eigenvalue weighted by Crippen LogP contribution is 2.41. The average Bonchev–Trinajstić information content (AvgIpc) is 2.56. The number of allylic oxidation sites excluding steroid dienone is 3. The smallest absolute Gasteiger partial charge is 0.224 e. The quantitative estimate of drug-likeness (QED) is 0.855. The zero-order chi connectivity index (χ0) is 16.5. The van der Waals surface area contributed by atoms with E-state index in [1.54, 1.807) is 19.1 Å². The number of carbonyl (C=O) groups is 1. The van der Waals surface area contributed by atoms with E-state index in [0.717, 1.165) is 5.56 Å². The Hall–Kier alpha value is -1.72. The first kappa shape index (κ1) is 16.1. The first-order chi connectivity index (χ1) is 10.9. The van der Waals surface area contributed by atoms with Crippen LogP contribution in [-0.2, 0) is 14.8 Å². The molecule has 3 rings (SSSR count). The lowest BCUT2D eigenvalue weighted by Gasteiger charge is -2.39. The Labute approximate surface area is 137 Å². The summed E-state index contributed by atoms with van der Waals surface area (Å²) in [6.07, 6.45) is 8.42. The maximum atomic E-state index is 13.3. The van der Waals surface area contributed by atoms with E-state index in [1.165, 1.54) is 4.31 Å². The first-order valence-electron chi connectivity index (χ1n) is 7.87. The van der Waals surface area contributed by atoms with Crippen molar-refractivity contribution in [3.63, 3.8) is 0 Å². The third-order valence-corrected chi connectivity index (χ3v) is 7.22. The molecule has 2 atom stereocenters. The minimum absolute atomic E-state index is 0.00299. The number of piperidine rings is 1. The van der Waals surface area contributed by atoms with Gasteiger partial charge in [0.2, 0.25) is 10.0 Å².